The van der Waals surface area contributed by atoms with E-state index in [1.807, 2.05) is 53.6 Å². The average Bonchev–Trinajstić information content (AvgIpc) is 3.12. The van der Waals surface area contributed by atoms with Crippen LogP contribution in [0.2, 0.25) is 0 Å². The summed E-state index contributed by atoms with van der Waals surface area (Å²) >= 11 is 1.45. The highest BCUT2D eigenvalue weighted by molar-refractivity contribution is 7.12. The molecular formula is C19H22N2O2S. The van der Waals surface area contributed by atoms with E-state index >= 15 is 0 Å². The Balaban J connectivity index is 1.49. The van der Waals surface area contributed by atoms with Crippen molar-refractivity contribution in [3.8, 4) is 0 Å². The van der Waals surface area contributed by atoms with Crippen molar-refractivity contribution in [2.75, 3.05) is 13.1 Å². The Bertz CT molecular complexity index is 704. The first-order valence-corrected chi connectivity index (χ1v) is 9.18. The van der Waals surface area contributed by atoms with Crippen LogP contribution in [0.15, 0.2) is 41.8 Å². The second-order valence-electron chi connectivity index (χ2n) is 6.21. The van der Waals surface area contributed by atoms with E-state index in [4.69, 9.17) is 0 Å². The summed E-state index contributed by atoms with van der Waals surface area (Å²) < 4.78 is 0. The zero-order valence-corrected chi connectivity index (χ0v) is 14.6. The van der Waals surface area contributed by atoms with E-state index in [0.717, 1.165) is 28.8 Å². The van der Waals surface area contributed by atoms with Gasteiger partial charge in [0, 0.05) is 19.1 Å². The summed E-state index contributed by atoms with van der Waals surface area (Å²) in [7, 11) is 0. The number of nitrogens with one attached hydrogen (secondary N) is 1. The molecule has 0 unspecified atom stereocenters. The van der Waals surface area contributed by atoms with E-state index in [9.17, 15) is 9.59 Å². The third kappa shape index (κ3) is 4.03. The lowest BCUT2D eigenvalue weighted by atomic mass is 10.0. The number of rotatable bonds is 4. The lowest BCUT2D eigenvalue weighted by molar-refractivity contribution is -0.131. The number of thiophene rings is 1. The molecule has 2 amide bonds. The molecule has 5 heteroatoms. The van der Waals surface area contributed by atoms with Gasteiger partial charge in [-0.15, -0.1) is 11.3 Å². The summed E-state index contributed by atoms with van der Waals surface area (Å²) in [6, 6.07) is 11.9. The monoisotopic (exact) mass is 342 g/mol. The molecule has 24 heavy (non-hydrogen) atoms. The third-order valence-corrected chi connectivity index (χ3v) is 5.40. The van der Waals surface area contributed by atoms with Crippen molar-refractivity contribution >= 4 is 23.2 Å². The first-order chi connectivity index (χ1) is 11.6. The number of amides is 2. The molecule has 2 aromatic rings. The van der Waals surface area contributed by atoms with Gasteiger partial charge in [0.25, 0.3) is 5.91 Å². The summed E-state index contributed by atoms with van der Waals surface area (Å²) in [4.78, 5) is 27.2. The zero-order chi connectivity index (χ0) is 16.9. The second kappa shape index (κ2) is 7.62. The van der Waals surface area contributed by atoms with Gasteiger partial charge in [-0.05, 0) is 42.3 Å². The number of piperidine rings is 1. The summed E-state index contributed by atoms with van der Waals surface area (Å²) in [6.07, 6.45) is 2.09. The molecule has 3 rings (SSSR count). The Hall–Kier alpha value is -2.14. The first-order valence-electron chi connectivity index (χ1n) is 8.30. The maximum Gasteiger partial charge on any atom is 0.261 e. The number of benzene rings is 1. The smallest absolute Gasteiger partial charge is 0.261 e. The predicted molar refractivity (Wildman–Crippen MR) is 96.3 cm³/mol. The lowest BCUT2D eigenvalue weighted by Crippen LogP contribution is -2.46. The fourth-order valence-corrected chi connectivity index (χ4v) is 3.65. The quantitative estimate of drug-likeness (QED) is 0.928. The highest BCUT2D eigenvalue weighted by Crippen LogP contribution is 2.16. The van der Waals surface area contributed by atoms with Crippen LogP contribution in [0.1, 0.15) is 33.6 Å². The lowest BCUT2D eigenvalue weighted by Gasteiger charge is -2.32. The van der Waals surface area contributed by atoms with Crippen LogP contribution in [0.4, 0.5) is 0 Å². The van der Waals surface area contributed by atoms with E-state index < -0.39 is 0 Å². The number of nitrogens with zero attached hydrogens (tertiary/aromatic N) is 1. The SMILES string of the molecule is Cc1ccccc1CC(=O)N1CCC(NC(=O)c2cccs2)CC1. The van der Waals surface area contributed by atoms with Crippen LogP contribution >= 0.6 is 11.3 Å². The summed E-state index contributed by atoms with van der Waals surface area (Å²) in [5, 5.41) is 4.98. The van der Waals surface area contributed by atoms with Crippen LogP contribution in [0.25, 0.3) is 0 Å². The van der Waals surface area contributed by atoms with E-state index in [-0.39, 0.29) is 17.9 Å². The Labute approximate surface area is 146 Å². The number of aryl methyl sites for hydroxylation is 1. The average molecular weight is 342 g/mol. The minimum Gasteiger partial charge on any atom is -0.348 e. The van der Waals surface area contributed by atoms with Gasteiger partial charge < -0.3 is 10.2 Å². The first kappa shape index (κ1) is 16.7. The molecule has 0 radical (unpaired) electrons. The molecule has 1 fully saturated rings. The summed E-state index contributed by atoms with van der Waals surface area (Å²) in [5.41, 5.74) is 2.25. The van der Waals surface area contributed by atoms with Crippen LogP contribution in [-0.2, 0) is 11.2 Å². The number of carbonyl (C=O) groups excluding carboxylic acids is 2. The maximum atomic E-state index is 12.5. The topological polar surface area (TPSA) is 49.4 Å². The summed E-state index contributed by atoms with van der Waals surface area (Å²) in [6.45, 7) is 3.45. The molecule has 1 aromatic carbocycles. The Morgan fingerprint density at radius 2 is 1.92 bits per heavy atom. The highest BCUT2D eigenvalue weighted by Gasteiger charge is 2.24. The number of hydrogen-bond acceptors (Lipinski definition) is 3. The Kier molecular flexibility index (Phi) is 5.30. The van der Waals surface area contributed by atoms with Crippen molar-refractivity contribution in [2.45, 2.75) is 32.2 Å². The predicted octanol–water partition coefficient (Wildman–Crippen LogP) is 3.02. The molecular weight excluding hydrogens is 320 g/mol. The van der Waals surface area contributed by atoms with Gasteiger partial charge in [0.15, 0.2) is 0 Å². The van der Waals surface area contributed by atoms with Gasteiger partial charge in [0.2, 0.25) is 5.91 Å². The molecule has 0 saturated carbocycles. The number of carbonyl (C=O) groups is 2. The standard InChI is InChI=1S/C19H22N2O2S/c1-14-5-2-3-6-15(14)13-18(22)21-10-8-16(9-11-21)20-19(23)17-7-4-12-24-17/h2-7,12,16H,8-11,13H2,1H3,(H,20,23). The van der Waals surface area contributed by atoms with Crippen molar-refractivity contribution < 1.29 is 9.59 Å². The van der Waals surface area contributed by atoms with E-state index in [1.54, 1.807) is 0 Å². The minimum absolute atomic E-state index is 0.00492. The van der Waals surface area contributed by atoms with Gasteiger partial charge in [-0.2, -0.15) is 0 Å². The molecule has 1 N–H and O–H groups in total. The normalized spacial score (nSPS) is 15.3. The fraction of sp³-hybridized carbons (Fsp3) is 0.368. The van der Waals surface area contributed by atoms with Crippen LogP contribution in [0.5, 0.6) is 0 Å². The van der Waals surface area contributed by atoms with Crippen molar-refractivity contribution in [1.29, 1.82) is 0 Å². The van der Waals surface area contributed by atoms with Crippen molar-refractivity contribution in [3.63, 3.8) is 0 Å². The molecule has 0 aliphatic carbocycles. The van der Waals surface area contributed by atoms with Crippen LogP contribution in [-0.4, -0.2) is 35.8 Å². The zero-order valence-electron chi connectivity index (χ0n) is 13.8. The molecule has 4 nitrogen and oxygen atoms in total. The van der Waals surface area contributed by atoms with Crippen molar-refractivity contribution in [3.05, 3.63) is 57.8 Å². The molecule has 2 heterocycles. The molecule has 0 spiro atoms. The molecule has 0 bridgehead atoms. The Morgan fingerprint density at radius 1 is 1.17 bits per heavy atom. The molecule has 1 aliphatic rings. The molecule has 1 saturated heterocycles. The van der Waals surface area contributed by atoms with Gasteiger partial charge in [-0.1, -0.05) is 30.3 Å². The van der Waals surface area contributed by atoms with E-state index in [2.05, 4.69) is 5.32 Å². The van der Waals surface area contributed by atoms with Crippen LogP contribution in [0.3, 0.4) is 0 Å². The minimum atomic E-state index is -0.00492. The highest BCUT2D eigenvalue weighted by atomic mass is 32.1. The van der Waals surface area contributed by atoms with Gasteiger partial charge >= 0.3 is 0 Å². The summed E-state index contributed by atoms with van der Waals surface area (Å²) in [5.74, 6) is 0.169. The van der Waals surface area contributed by atoms with E-state index in [1.165, 1.54) is 11.3 Å². The third-order valence-electron chi connectivity index (χ3n) is 4.53. The Morgan fingerprint density at radius 3 is 2.58 bits per heavy atom. The van der Waals surface area contributed by atoms with Crippen molar-refractivity contribution in [2.24, 2.45) is 0 Å². The van der Waals surface area contributed by atoms with Gasteiger partial charge in [-0.3, -0.25) is 9.59 Å². The van der Waals surface area contributed by atoms with Crippen LogP contribution < -0.4 is 5.32 Å². The van der Waals surface area contributed by atoms with Crippen LogP contribution in [0, 0.1) is 6.92 Å². The molecule has 1 aliphatic heterocycles. The fourth-order valence-electron chi connectivity index (χ4n) is 3.02. The van der Waals surface area contributed by atoms with Crippen molar-refractivity contribution in [1.82, 2.24) is 10.2 Å². The van der Waals surface area contributed by atoms with Gasteiger partial charge in [0.1, 0.15) is 0 Å². The van der Waals surface area contributed by atoms with Gasteiger partial charge in [-0.25, -0.2) is 0 Å². The number of likely N-dealkylation sites (tertiary alicyclic amines) is 1. The second-order valence-corrected chi connectivity index (χ2v) is 7.16. The molecule has 0 atom stereocenters. The molecule has 1 aromatic heterocycles. The largest absolute Gasteiger partial charge is 0.348 e. The number of hydrogen-bond donors (Lipinski definition) is 1. The maximum absolute atomic E-state index is 12.5. The van der Waals surface area contributed by atoms with E-state index in [0.29, 0.717) is 19.5 Å². The van der Waals surface area contributed by atoms with Gasteiger partial charge in [0.05, 0.1) is 11.3 Å². The molecule has 126 valence electrons.